The molecule has 0 spiro atoms. The fourth-order valence-electron chi connectivity index (χ4n) is 4.97. The number of hydrogen-bond donors (Lipinski definition) is 1. The van der Waals surface area contributed by atoms with Crippen molar-refractivity contribution in [2.24, 2.45) is 17.8 Å². The Morgan fingerprint density at radius 3 is 2.73 bits per heavy atom. The van der Waals surface area contributed by atoms with Crippen LogP contribution in [0.2, 0.25) is 0 Å². The normalized spacial score (nSPS) is 29.0. The zero-order valence-corrected chi connectivity index (χ0v) is 16.5. The van der Waals surface area contributed by atoms with Gasteiger partial charge in [0.25, 0.3) is 0 Å². The van der Waals surface area contributed by atoms with E-state index in [4.69, 9.17) is 9.47 Å². The van der Waals surface area contributed by atoms with Gasteiger partial charge in [0.05, 0.1) is 18.8 Å². The van der Waals surface area contributed by atoms with E-state index in [-0.39, 0.29) is 6.10 Å². The predicted octanol–water partition coefficient (Wildman–Crippen LogP) is 5.95. The number of anilines is 1. The van der Waals surface area contributed by atoms with Crippen molar-refractivity contribution in [2.75, 3.05) is 18.5 Å². The van der Waals surface area contributed by atoms with E-state index in [1.165, 1.54) is 56.2 Å². The third-order valence-corrected chi connectivity index (χ3v) is 6.60. The molecule has 3 atom stereocenters. The topological polar surface area (TPSA) is 30.5 Å². The maximum absolute atomic E-state index is 6.76. The summed E-state index contributed by atoms with van der Waals surface area (Å²) in [5.41, 5.74) is 2.57. The van der Waals surface area contributed by atoms with Gasteiger partial charge in [-0.2, -0.15) is 0 Å². The Labute approximate surface area is 158 Å². The van der Waals surface area contributed by atoms with Crippen molar-refractivity contribution in [2.45, 2.75) is 77.4 Å². The highest BCUT2D eigenvalue weighted by atomic mass is 16.5. The number of hydrogen-bond acceptors (Lipinski definition) is 3. The molecule has 1 N–H and O–H groups in total. The minimum absolute atomic E-state index is 0.251. The van der Waals surface area contributed by atoms with Crippen LogP contribution in [0.5, 0.6) is 5.75 Å². The highest BCUT2D eigenvalue weighted by molar-refractivity contribution is 5.57. The lowest BCUT2D eigenvalue weighted by Gasteiger charge is -2.44. The molecule has 0 aromatic heterocycles. The molecule has 1 aromatic carbocycles. The summed E-state index contributed by atoms with van der Waals surface area (Å²) >= 11 is 0. The monoisotopic (exact) mass is 357 g/mol. The molecule has 2 aliphatic heterocycles. The summed E-state index contributed by atoms with van der Waals surface area (Å²) in [7, 11) is 0. The maximum atomic E-state index is 6.76. The number of benzene rings is 1. The van der Waals surface area contributed by atoms with Gasteiger partial charge < -0.3 is 14.8 Å². The summed E-state index contributed by atoms with van der Waals surface area (Å²) < 4.78 is 12.8. The molecule has 3 nitrogen and oxygen atoms in total. The lowest BCUT2D eigenvalue weighted by molar-refractivity contribution is -0.113. The predicted molar refractivity (Wildman–Crippen MR) is 107 cm³/mol. The van der Waals surface area contributed by atoms with Gasteiger partial charge in [0.15, 0.2) is 0 Å². The minimum Gasteiger partial charge on any atom is -0.494 e. The van der Waals surface area contributed by atoms with Crippen molar-refractivity contribution in [3.63, 3.8) is 0 Å². The largest absolute Gasteiger partial charge is 0.494 e. The molecule has 3 aliphatic rings. The van der Waals surface area contributed by atoms with Crippen molar-refractivity contribution >= 4 is 5.69 Å². The standard InChI is InChI=1S/C23H35NO2/c1-16(2)12-13-25-19-9-10-21-20(14-19)23-18(15-24-21)8-11-22(26-23)17-6-4-3-5-7-17/h9-10,14,16-18,22-24H,3-8,11-13,15H2,1-2H3. The van der Waals surface area contributed by atoms with Crippen molar-refractivity contribution in [3.8, 4) is 5.75 Å². The van der Waals surface area contributed by atoms with Crippen LogP contribution in [0.3, 0.4) is 0 Å². The molecule has 1 saturated carbocycles. The van der Waals surface area contributed by atoms with Crippen molar-refractivity contribution in [1.82, 2.24) is 0 Å². The third-order valence-electron chi connectivity index (χ3n) is 6.60. The van der Waals surface area contributed by atoms with Crippen LogP contribution in [0, 0.1) is 17.8 Å². The highest BCUT2D eigenvalue weighted by Gasteiger charge is 2.39. The van der Waals surface area contributed by atoms with Gasteiger partial charge in [-0.1, -0.05) is 33.1 Å². The second-order valence-corrected chi connectivity index (χ2v) is 8.99. The van der Waals surface area contributed by atoms with E-state index >= 15 is 0 Å². The summed E-state index contributed by atoms with van der Waals surface area (Å²) in [6.07, 6.45) is 11.3. The first-order valence-electron chi connectivity index (χ1n) is 10.9. The first kappa shape index (κ1) is 18.2. The summed E-state index contributed by atoms with van der Waals surface area (Å²) in [5.74, 6) is 3.06. The SMILES string of the molecule is CC(C)CCOc1ccc2c(c1)C1OC(C3CCCCC3)CCC1CN2. The van der Waals surface area contributed by atoms with Gasteiger partial charge in [-0.25, -0.2) is 0 Å². The smallest absolute Gasteiger partial charge is 0.119 e. The van der Waals surface area contributed by atoms with Gasteiger partial charge in [-0.15, -0.1) is 0 Å². The molecule has 0 radical (unpaired) electrons. The lowest BCUT2D eigenvalue weighted by atomic mass is 9.78. The van der Waals surface area contributed by atoms with Crippen molar-refractivity contribution in [3.05, 3.63) is 23.8 Å². The fourth-order valence-corrected chi connectivity index (χ4v) is 4.97. The van der Waals surface area contributed by atoms with Crippen LogP contribution in [0.25, 0.3) is 0 Å². The van der Waals surface area contributed by atoms with Crippen LogP contribution in [0.4, 0.5) is 5.69 Å². The summed E-state index contributed by atoms with van der Waals surface area (Å²) in [6, 6.07) is 6.53. The Kier molecular flexibility index (Phi) is 5.73. The van der Waals surface area contributed by atoms with Crippen LogP contribution in [0.15, 0.2) is 18.2 Å². The zero-order valence-electron chi connectivity index (χ0n) is 16.5. The molecule has 3 unspecified atom stereocenters. The van der Waals surface area contributed by atoms with Crippen LogP contribution in [0.1, 0.15) is 76.9 Å². The van der Waals surface area contributed by atoms with Crippen LogP contribution in [-0.4, -0.2) is 19.3 Å². The maximum Gasteiger partial charge on any atom is 0.119 e. The first-order chi connectivity index (χ1) is 12.7. The minimum atomic E-state index is 0.251. The van der Waals surface area contributed by atoms with Gasteiger partial charge >= 0.3 is 0 Å². The molecule has 144 valence electrons. The molecule has 1 saturated heterocycles. The molecular formula is C23H35NO2. The third kappa shape index (κ3) is 4.03. The molecular weight excluding hydrogens is 322 g/mol. The van der Waals surface area contributed by atoms with Crippen molar-refractivity contribution < 1.29 is 9.47 Å². The van der Waals surface area contributed by atoms with Crippen LogP contribution in [-0.2, 0) is 4.74 Å². The second-order valence-electron chi connectivity index (χ2n) is 8.99. The van der Waals surface area contributed by atoms with Gasteiger partial charge in [0.1, 0.15) is 5.75 Å². The quantitative estimate of drug-likeness (QED) is 0.706. The summed E-state index contributed by atoms with van der Waals surface area (Å²) in [4.78, 5) is 0. The molecule has 3 heteroatoms. The number of rotatable bonds is 5. The number of fused-ring (bicyclic) bond motifs is 3. The van der Waals surface area contributed by atoms with E-state index in [9.17, 15) is 0 Å². The molecule has 0 amide bonds. The number of ether oxygens (including phenoxy) is 2. The van der Waals surface area contributed by atoms with Gasteiger partial charge in [-0.05, 0) is 62.1 Å². The van der Waals surface area contributed by atoms with Gasteiger partial charge in [0.2, 0.25) is 0 Å². The fraction of sp³-hybridized carbons (Fsp3) is 0.739. The van der Waals surface area contributed by atoms with Gasteiger partial charge in [-0.3, -0.25) is 0 Å². The Morgan fingerprint density at radius 2 is 1.92 bits per heavy atom. The van der Waals surface area contributed by atoms with E-state index in [0.29, 0.717) is 17.9 Å². The Bertz CT molecular complexity index is 594. The lowest BCUT2D eigenvalue weighted by Crippen LogP contribution is -2.40. The number of nitrogens with one attached hydrogen (secondary N) is 1. The zero-order chi connectivity index (χ0) is 17.9. The first-order valence-corrected chi connectivity index (χ1v) is 10.9. The average molecular weight is 358 g/mol. The molecule has 1 aliphatic carbocycles. The summed E-state index contributed by atoms with van der Waals surface area (Å²) in [5, 5.41) is 3.62. The van der Waals surface area contributed by atoms with Crippen LogP contribution >= 0.6 is 0 Å². The average Bonchev–Trinajstić information content (AvgIpc) is 2.68. The molecule has 4 rings (SSSR count). The van der Waals surface area contributed by atoms with E-state index in [1.54, 1.807) is 0 Å². The Morgan fingerprint density at radius 1 is 1.08 bits per heavy atom. The highest BCUT2D eigenvalue weighted by Crippen LogP contribution is 2.46. The molecule has 0 bridgehead atoms. The van der Waals surface area contributed by atoms with Crippen LogP contribution < -0.4 is 10.1 Å². The Hall–Kier alpha value is -1.22. The van der Waals surface area contributed by atoms with E-state index in [2.05, 4.69) is 37.4 Å². The van der Waals surface area contributed by atoms with E-state index in [1.807, 2.05) is 0 Å². The Balaban J connectivity index is 1.47. The van der Waals surface area contributed by atoms with Gasteiger partial charge in [0, 0.05) is 23.7 Å². The molecule has 2 heterocycles. The molecule has 26 heavy (non-hydrogen) atoms. The second kappa shape index (κ2) is 8.21. The van der Waals surface area contributed by atoms with Crippen molar-refractivity contribution in [1.29, 1.82) is 0 Å². The van der Waals surface area contributed by atoms with E-state index in [0.717, 1.165) is 31.2 Å². The van der Waals surface area contributed by atoms with E-state index < -0.39 is 0 Å². The summed E-state index contributed by atoms with van der Waals surface area (Å²) in [6.45, 7) is 6.32. The molecule has 2 fully saturated rings. The molecule has 1 aromatic rings.